The van der Waals surface area contributed by atoms with Crippen molar-refractivity contribution in [2.75, 3.05) is 19.6 Å². The highest BCUT2D eigenvalue weighted by atomic mass is 127. The molecule has 0 bridgehead atoms. The van der Waals surface area contributed by atoms with Gasteiger partial charge in [0.2, 0.25) is 0 Å². The van der Waals surface area contributed by atoms with Crippen molar-refractivity contribution in [1.82, 2.24) is 10.6 Å². The van der Waals surface area contributed by atoms with E-state index >= 15 is 0 Å². The van der Waals surface area contributed by atoms with E-state index in [-0.39, 0.29) is 42.2 Å². The molecule has 4 nitrogen and oxygen atoms in total. The molecule has 26 heavy (non-hydrogen) atoms. The van der Waals surface area contributed by atoms with Crippen molar-refractivity contribution in [1.29, 1.82) is 0 Å². The molecule has 2 aromatic carbocycles. The average molecular weight is 475 g/mol. The molecule has 142 valence electrons. The number of halogens is 3. The van der Waals surface area contributed by atoms with Gasteiger partial charge in [-0.2, -0.15) is 0 Å². The summed E-state index contributed by atoms with van der Waals surface area (Å²) in [6, 6.07) is 12.1. The average Bonchev–Trinajstić information content (AvgIpc) is 2.61. The van der Waals surface area contributed by atoms with E-state index in [1.54, 1.807) is 24.3 Å². The lowest BCUT2D eigenvalue weighted by atomic mass is 10.1. The van der Waals surface area contributed by atoms with E-state index in [0.29, 0.717) is 24.6 Å². The van der Waals surface area contributed by atoms with Crippen LogP contribution in [-0.4, -0.2) is 30.7 Å². The minimum atomic E-state index is -0.798. The van der Waals surface area contributed by atoms with Crippen molar-refractivity contribution in [2.24, 2.45) is 4.99 Å². The summed E-state index contributed by atoms with van der Waals surface area (Å²) in [5.74, 6) is 0.00224. The van der Waals surface area contributed by atoms with Crippen LogP contribution in [0.1, 0.15) is 24.2 Å². The summed E-state index contributed by atoms with van der Waals surface area (Å²) in [4.78, 5) is 4.35. The van der Waals surface area contributed by atoms with Gasteiger partial charge in [-0.05, 0) is 48.7 Å². The molecular formula is C19H24F2IN3O. The maximum atomic E-state index is 12.9. The number of nitrogens with zero attached hydrogens (tertiary/aromatic N) is 1. The van der Waals surface area contributed by atoms with Gasteiger partial charge in [-0.1, -0.05) is 24.3 Å². The first-order chi connectivity index (χ1) is 12.1. The van der Waals surface area contributed by atoms with E-state index in [0.717, 1.165) is 12.0 Å². The van der Waals surface area contributed by atoms with Crippen LogP contribution in [0.15, 0.2) is 53.5 Å². The lowest BCUT2D eigenvalue weighted by molar-refractivity contribution is 0.187. The highest BCUT2D eigenvalue weighted by Gasteiger charge is 2.07. The van der Waals surface area contributed by atoms with Gasteiger partial charge in [0.1, 0.15) is 11.6 Å². The van der Waals surface area contributed by atoms with Crippen molar-refractivity contribution in [2.45, 2.75) is 19.4 Å². The smallest absolute Gasteiger partial charge is 0.191 e. The van der Waals surface area contributed by atoms with Gasteiger partial charge >= 0.3 is 0 Å². The van der Waals surface area contributed by atoms with E-state index in [1.807, 2.05) is 6.92 Å². The lowest BCUT2D eigenvalue weighted by Gasteiger charge is -2.13. The largest absolute Gasteiger partial charge is 0.386 e. The minimum absolute atomic E-state index is 0. The van der Waals surface area contributed by atoms with Crippen LogP contribution in [0.5, 0.6) is 0 Å². The summed E-state index contributed by atoms with van der Waals surface area (Å²) < 4.78 is 25.8. The molecule has 0 amide bonds. The molecule has 2 aromatic rings. The lowest BCUT2D eigenvalue weighted by Crippen LogP contribution is -2.38. The molecule has 0 aliphatic carbocycles. The van der Waals surface area contributed by atoms with Crippen molar-refractivity contribution in [3.63, 3.8) is 0 Å². The number of benzene rings is 2. The predicted octanol–water partition coefficient (Wildman–Crippen LogP) is 3.41. The molecular weight excluding hydrogens is 451 g/mol. The molecule has 1 unspecified atom stereocenters. The second kappa shape index (κ2) is 11.8. The molecule has 0 heterocycles. The summed E-state index contributed by atoms with van der Waals surface area (Å²) in [7, 11) is 0. The van der Waals surface area contributed by atoms with Crippen LogP contribution < -0.4 is 10.6 Å². The fraction of sp³-hybridized carbons (Fsp3) is 0.316. The number of rotatable bonds is 7. The first-order valence-corrected chi connectivity index (χ1v) is 8.28. The molecule has 0 radical (unpaired) electrons. The predicted molar refractivity (Wildman–Crippen MR) is 111 cm³/mol. The first-order valence-electron chi connectivity index (χ1n) is 8.28. The molecule has 0 fully saturated rings. The topological polar surface area (TPSA) is 56.7 Å². The molecule has 0 saturated carbocycles. The van der Waals surface area contributed by atoms with E-state index < -0.39 is 6.10 Å². The Bertz CT molecular complexity index is 678. The maximum Gasteiger partial charge on any atom is 0.191 e. The monoisotopic (exact) mass is 475 g/mol. The second-order valence-electron chi connectivity index (χ2n) is 5.59. The van der Waals surface area contributed by atoms with Crippen molar-refractivity contribution in [3.05, 3.63) is 71.3 Å². The van der Waals surface area contributed by atoms with Crippen LogP contribution in [0, 0.1) is 11.6 Å². The van der Waals surface area contributed by atoms with Crippen LogP contribution in [0.4, 0.5) is 8.78 Å². The number of aliphatic hydroxyl groups is 1. The Kier molecular flexibility index (Phi) is 10.1. The van der Waals surface area contributed by atoms with Gasteiger partial charge in [0.25, 0.3) is 0 Å². The van der Waals surface area contributed by atoms with E-state index in [9.17, 15) is 13.9 Å². The summed E-state index contributed by atoms with van der Waals surface area (Å²) in [6.45, 7) is 3.43. The summed E-state index contributed by atoms with van der Waals surface area (Å²) >= 11 is 0. The zero-order valence-corrected chi connectivity index (χ0v) is 16.9. The third-order valence-corrected chi connectivity index (χ3v) is 3.64. The Morgan fingerprint density at radius 2 is 1.58 bits per heavy atom. The second-order valence-corrected chi connectivity index (χ2v) is 5.59. The maximum absolute atomic E-state index is 12.9. The fourth-order valence-corrected chi connectivity index (χ4v) is 2.29. The Hall–Kier alpha value is -1.74. The van der Waals surface area contributed by atoms with E-state index in [2.05, 4.69) is 15.6 Å². The third-order valence-electron chi connectivity index (χ3n) is 3.64. The van der Waals surface area contributed by atoms with Crippen LogP contribution >= 0.6 is 24.0 Å². The molecule has 0 aliphatic heterocycles. The Labute approximate surface area is 169 Å². The van der Waals surface area contributed by atoms with Crippen LogP contribution in [0.2, 0.25) is 0 Å². The quantitative estimate of drug-likeness (QED) is 0.327. The fourth-order valence-electron chi connectivity index (χ4n) is 2.29. The van der Waals surface area contributed by atoms with Gasteiger partial charge in [-0.15, -0.1) is 24.0 Å². The van der Waals surface area contributed by atoms with Gasteiger partial charge in [0.15, 0.2) is 5.96 Å². The Balaban J connectivity index is 0.00000338. The molecule has 0 aliphatic rings. The Morgan fingerprint density at radius 1 is 1.00 bits per heavy atom. The summed E-state index contributed by atoms with van der Waals surface area (Å²) in [6.07, 6.45) is -0.0706. The number of hydrogen-bond acceptors (Lipinski definition) is 2. The van der Waals surface area contributed by atoms with Gasteiger partial charge in [0.05, 0.1) is 12.6 Å². The van der Waals surface area contributed by atoms with Crippen molar-refractivity contribution in [3.8, 4) is 0 Å². The van der Waals surface area contributed by atoms with Gasteiger partial charge in [-0.25, -0.2) is 8.78 Å². The van der Waals surface area contributed by atoms with Gasteiger partial charge in [0, 0.05) is 13.1 Å². The van der Waals surface area contributed by atoms with Gasteiger partial charge in [-0.3, -0.25) is 4.99 Å². The number of nitrogens with one attached hydrogen (secondary N) is 2. The normalized spacial score (nSPS) is 12.2. The molecule has 1 atom stereocenters. The zero-order valence-electron chi connectivity index (χ0n) is 14.6. The van der Waals surface area contributed by atoms with Gasteiger partial charge < -0.3 is 15.7 Å². The first kappa shape index (κ1) is 22.3. The molecule has 0 aromatic heterocycles. The molecule has 7 heteroatoms. The van der Waals surface area contributed by atoms with Crippen LogP contribution in [-0.2, 0) is 6.42 Å². The highest BCUT2D eigenvalue weighted by molar-refractivity contribution is 14.0. The third kappa shape index (κ3) is 7.65. The molecule has 2 rings (SSSR count). The minimum Gasteiger partial charge on any atom is -0.386 e. The summed E-state index contributed by atoms with van der Waals surface area (Å²) in [5, 5.41) is 16.4. The van der Waals surface area contributed by atoms with Crippen LogP contribution in [0.3, 0.4) is 0 Å². The highest BCUT2D eigenvalue weighted by Crippen LogP contribution is 2.13. The standard InChI is InChI=1S/C19H23F2N3O.HI/c1-2-22-19(23-12-11-14-3-7-16(20)8-4-14)24-13-18(25)15-5-9-17(21)10-6-15;/h3-10,18,25H,2,11-13H2,1H3,(H2,22,23,24);1H. The molecule has 0 saturated heterocycles. The number of aliphatic hydroxyl groups excluding tert-OH is 1. The van der Waals surface area contributed by atoms with Crippen molar-refractivity contribution >= 4 is 29.9 Å². The molecule has 3 N–H and O–H groups in total. The Morgan fingerprint density at radius 3 is 2.15 bits per heavy atom. The number of hydrogen-bond donors (Lipinski definition) is 3. The summed E-state index contributed by atoms with van der Waals surface area (Å²) in [5.41, 5.74) is 1.64. The van der Waals surface area contributed by atoms with Crippen molar-refractivity contribution < 1.29 is 13.9 Å². The zero-order chi connectivity index (χ0) is 18.1. The SMILES string of the molecule is CCNC(=NCC(O)c1ccc(F)cc1)NCCc1ccc(F)cc1.I. The molecule has 0 spiro atoms. The van der Waals surface area contributed by atoms with Crippen LogP contribution in [0.25, 0.3) is 0 Å². The number of guanidine groups is 1. The number of aliphatic imine (C=N–C) groups is 1. The van der Waals surface area contributed by atoms with E-state index in [1.165, 1.54) is 24.3 Å². The van der Waals surface area contributed by atoms with E-state index in [4.69, 9.17) is 0 Å².